The van der Waals surface area contributed by atoms with Crippen LogP contribution in [0.3, 0.4) is 0 Å². The van der Waals surface area contributed by atoms with Gasteiger partial charge >= 0.3 is 5.97 Å². The summed E-state index contributed by atoms with van der Waals surface area (Å²) in [5.41, 5.74) is 3.83. The second-order valence-electron chi connectivity index (χ2n) is 9.97. The second-order valence-corrected chi connectivity index (χ2v) is 11.0. The first-order chi connectivity index (χ1) is 20.9. The number of aliphatic carboxylic acids is 1. The number of thioether (sulfide) groups is 1. The molecule has 0 radical (unpaired) electrons. The molecule has 2 heterocycles. The van der Waals surface area contributed by atoms with Crippen LogP contribution in [0.1, 0.15) is 54.8 Å². The zero-order valence-corrected chi connectivity index (χ0v) is 23.9. The maximum absolute atomic E-state index is 12.2. The molecule has 3 atom stereocenters. The standard InChI is InChI=1S/C30H31N5O7S/c36-17-19-4-6-20(7-5-19)26-16-25(18-43-30-32-33-34-35(30)23-12-14-24(37)15-13-23)41-29(42-26)21-8-10-22(11-9-21)31-27(38)2-1-3-28(39)40/h4-15,25-26,29,36-37H,1-3,16-18H2,(H,31,38)(H,39,40)/t25-,26+,29+/m0/s1. The lowest BCUT2D eigenvalue weighted by molar-refractivity contribution is -0.245. The van der Waals surface area contributed by atoms with E-state index >= 15 is 0 Å². The summed E-state index contributed by atoms with van der Waals surface area (Å²) >= 11 is 1.44. The minimum absolute atomic E-state index is 0.0466. The van der Waals surface area contributed by atoms with Gasteiger partial charge in [-0.1, -0.05) is 48.2 Å². The number of rotatable bonds is 12. The maximum atomic E-state index is 12.2. The Morgan fingerprint density at radius 3 is 2.37 bits per heavy atom. The highest BCUT2D eigenvalue weighted by Gasteiger charge is 2.32. The highest BCUT2D eigenvalue weighted by Crippen LogP contribution is 2.39. The number of aliphatic hydroxyl groups is 1. The number of aliphatic hydroxyl groups excluding tert-OH is 1. The van der Waals surface area contributed by atoms with Gasteiger partial charge in [-0.05, 0) is 64.4 Å². The fraction of sp³-hybridized carbons (Fsp3) is 0.300. The van der Waals surface area contributed by atoms with Crippen molar-refractivity contribution in [3.8, 4) is 11.4 Å². The summed E-state index contributed by atoms with van der Waals surface area (Å²) in [5, 5.41) is 43.3. The molecule has 4 aromatic rings. The van der Waals surface area contributed by atoms with Crippen LogP contribution in [0.2, 0.25) is 0 Å². The summed E-state index contributed by atoms with van der Waals surface area (Å²) in [6.45, 7) is -0.0466. The van der Waals surface area contributed by atoms with E-state index in [0.717, 1.165) is 16.7 Å². The lowest BCUT2D eigenvalue weighted by Crippen LogP contribution is -2.31. The van der Waals surface area contributed by atoms with E-state index < -0.39 is 12.3 Å². The SMILES string of the molecule is O=C(O)CCCC(=O)Nc1ccc([C@@H]2O[C@H](CSc3nnnn3-c3ccc(O)cc3)C[C@H](c3ccc(CO)cc3)O2)cc1. The van der Waals surface area contributed by atoms with E-state index in [1.54, 1.807) is 41.1 Å². The Labute approximate surface area is 251 Å². The summed E-state index contributed by atoms with van der Waals surface area (Å²) in [6, 6.07) is 21.4. The molecule has 0 aliphatic carbocycles. The molecular weight excluding hydrogens is 574 g/mol. The number of nitrogens with one attached hydrogen (secondary N) is 1. The molecule has 1 aliphatic rings. The van der Waals surface area contributed by atoms with Gasteiger partial charge in [0.25, 0.3) is 0 Å². The van der Waals surface area contributed by atoms with Gasteiger partial charge in [-0.15, -0.1) is 5.10 Å². The van der Waals surface area contributed by atoms with Crippen molar-refractivity contribution in [1.29, 1.82) is 0 Å². The van der Waals surface area contributed by atoms with Crippen LogP contribution in [-0.2, 0) is 25.7 Å². The molecule has 0 spiro atoms. The Balaban J connectivity index is 1.29. The number of tetrazole rings is 1. The van der Waals surface area contributed by atoms with E-state index in [0.29, 0.717) is 28.7 Å². The van der Waals surface area contributed by atoms with Gasteiger partial charge in [0.1, 0.15) is 5.75 Å². The first kappa shape index (κ1) is 30.2. The van der Waals surface area contributed by atoms with Crippen molar-refractivity contribution in [2.45, 2.75) is 55.9 Å². The molecule has 12 nitrogen and oxygen atoms in total. The molecule has 0 unspecified atom stereocenters. The minimum Gasteiger partial charge on any atom is -0.508 e. The number of phenolic OH excluding ortho intramolecular Hbond substituents is 1. The Kier molecular flexibility index (Phi) is 10.00. The molecule has 1 aliphatic heterocycles. The number of carboxylic acid groups (broad SMARTS) is 1. The minimum atomic E-state index is -0.931. The molecule has 0 bridgehead atoms. The number of benzene rings is 3. The topological polar surface area (TPSA) is 169 Å². The van der Waals surface area contributed by atoms with Gasteiger partial charge in [-0.2, -0.15) is 4.68 Å². The lowest BCUT2D eigenvalue weighted by atomic mass is 10.0. The molecule has 224 valence electrons. The van der Waals surface area contributed by atoms with Gasteiger partial charge in [0, 0.05) is 36.3 Å². The number of aromatic nitrogens is 4. The summed E-state index contributed by atoms with van der Waals surface area (Å²) in [5.74, 6) is -0.498. The van der Waals surface area contributed by atoms with E-state index in [2.05, 4.69) is 20.8 Å². The molecule has 1 fully saturated rings. The third kappa shape index (κ3) is 8.17. The maximum Gasteiger partial charge on any atom is 0.303 e. The molecule has 43 heavy (non-hydrogen) atoms. The average molecular weight is 606 g/mol. The quantitative estimate of drug-likeness (QED) is 0.169. The Hall–Kier alpha value is -4.30. The summed E-state index contributed by atoms with van der Waals surface area (Å²) in [4.78, 5) is 22.9. The van der Waals surface area contributed by atoms with Gasteiger partial charge in [-0.3, -0.25) is 9.59 Å². The molecule has 1 aromatic heterocycles. The van der Waals surface area contributed by atoms with Crippen molar-refractivity contribution < 1.29 is 34.4 Å². The molecule has 1 amide bonds. The molecular formula is C30H31N5O7S. The number of phenols is 1. The van der Waals surface area contributed by atoms with Crippen molar-refractivity contribution in [2.75, 3.05) is 11.1 Å². The van der Waals surface area contributed by atoms with Crippen LogP contribution >= 0.6 is 11.8 Å². The number of hydrogen-bond donors (Lipinski definition) is 4. The normalized spacial score (nSPS) is 18.3. The third-order valence-electron chi connectivity index (χ3n) is 6.81. The second kappa shape index (κ2) is 14.2. The zero-order valence-electron chi connectivity index (χ0n) is 23.1. The summed E-state index contributed by atoms with van der Waals surface area (Å²) in [7, 11) is 0. The number of ether oxygens (including phenoxy) is 2. The Morgan fingerprint density at radius 2 is 1.67 bits per heavy atom. The number of carboxylic acids is 1. The van der Waals surface area contributed by atoms with Gasteiger partial charge < -0.3 is 30.1 Å². The number of aromatic hydroxyl groups is 1. The van der Waals surface area contributed by atoms with Crippen LogP contribution in [0.25, 0.3) is 5.69 Å². The molecule has 3 aromatic carbocycles. The van der Waals surface area contributed by atoms with Crippen molar-refractivity contribution in [1.82, 2.24) is 20.2 Å². The number of anilines is 1. The van der Waals surface area contributed by atoms with E-state index in [-0.39, 0.29) is 49.7 Å². The molecule has 4 N–H and O–H groups in total. The number of carbonyl (C=O) groups excluding carboxylic acids is 1. The van der Waals surface area contributed by atoms with Gasteiger partial charge in [0.2, 0.25) is 11.1 Å². The van der Waals surface area contributed by atoms with Crippen LogP contribution in [0.5, 0.6) is 5.75 Å². The van der Waals surface area contributed by atoms with Crippen LogP contribution in [0.4, 0.5) is 5.69 Å². The van der Waals surface area contributed by atoms with Crippen LogP contribution in [0, 0.1) is 0 Å². The predicted molar refractivity (Wildman–Crippen MR) is 157 cm³/mol. The summed E-state index contributed by atoms with van der Waals surface area (Å²) < 4.78 is 14.4. The van der Waals surface area contributed by atoms with E-state index in [1.165, 1.54) is 11.8 Å². The van der Waals surface area contributed by atoms with Crippen molar-refractivity contribution in [2.24, 2.45) is 0 Å². The monoisotopic (exact) mass is 605 g/mol. The zero-order chi connectivity index (χ0) is 30.2. The van der Waals surface area contributed by atoms with Crippen LogP contribution < -0.4 is 5.32 Å². The highest BCUT2D eigenvalue weighted by molar-refractivity contribution is 7.99. The fourth-order valence-corrected chi connectivity index (χ4v) is 5.47. The largest absolute Gasteiger partial charge is 0.508 e. The van der Waals surface area contributed by atoms with Crippen molar-refractivity contribution in [3.63, 3.8) is 0 Å². The predicted octanol–water partition coefficient (Wildman–Crippen LogP) is 4.39. The number of amides is 1. The molecule has 5 rings (SSSR count). The molecule has 1 saturated heterocycles. The van der Waals surface area contributed by atoms with E-state index in [4.69, 9.17) is 14.6 Å². The smallest absolute Gasteiger partial charge is 0.303 e. The Morgan fingerprint density at radius 1 is 0.953 bits per heavy atom. The summed E-state index contributed by atoms with van der Waals surface area (Å²) in [6.07, 6.45) is -0.288. The lowest BCUT2D eigenvalue weighted by Gasteiger charge is -2.36. The number of carbonyl (C=O) groups is 2. The number of hydrogen-bond acceptors (Lipinski definition) is 10. The molecule has 13 heteroatoms. The van der Waals surface area contributed by atoms with Gasteiger partial charge in [0.15, 0.2) is 6.29 Å². The first-order valence-corrected chi connectivity index (χ1v) is 14.7. The van der Waals surface area contributed by atoms with Gasteiger partial charge in [0.05, 0.1) is 24.5 Å². The highest BCUT2D eigenvalue weighted by atomic mass is 32.2. The molecule has 0 saturated carbocycles. The van der Waals surface area contributed by atoms with E-state index in [1.807, 2.05) is 36.4 Å². The third-order valence-corrected chi connectivity index (χ3v) is 7.86. The van der Waals surface area contributed by atoms with Crippen LogP contribution in [0.15, 0.2) is 78.0 Å². The Bertz CT molecular complexity index is 1510. The van der Waals surface area contributed by atoms with Crippen molar-refractivity contribution in [3.05, 3.63) is 89.5 Å². The van der Waals surface area contributed by atoms with E-state index in [9.17, 15) is 19.8 Å². The van der Waals surface area contributed by atoms with Crippen molar-refractivity contribution >= 4 is 29.3 Å². The first-order valence-electron chi connectivity index (χ1n) is 13.7. The fourth-order valence-electron chi connectivity index (χ4n) is 4.56. The van der Waals surface area contributed by atoms with Crippen LogP contribution in [-0.4, -0.2) is 59.3 Å². The average Bonchev–Trinajstić information content (AvgIpc) is 3.49. The van der Waals surface area contributed by atoms with Gasteiger partial charge in [-0.25, -0.2) is 0 Å². The number of nitrogens with zero attached hydrogens (tertiary/aromatic N) is 4.